The van der Waals surface area contributed by atoms with Gasteiger partial charge in [-0.3, -0.25) is 4.79 Å². The highest BCUT2D eigenvalue weighted by atomic mass is 16.5. The highest BCUT2D eigenvalue weighted by Gasteiger charge is 2.13. The minimum Gasteiger partial charge on any atom is -0.478 e. The van der Waals surface area contributed by atoms with Gasteiger partial charge in [-0.15, -0.1) is 0 Å². The molecule has 0 aliphatic rings. The Kier molecular flexibility index (Phi) is 17.0. The van der Waals surface area contributed by atoms with Gasteiger partial charge in [0.2, 0.25) is 0 Å². The summed E-state index contributed by atoms with van der Waals surface area (Å²) in [5.41, 5.74) is -0.0138. The van der Waals surface area contributed by atoms with E-state index in [9.17, 15) is 9.59 Å². The van der Waals surface area contributed by atoms with Crippen LogP contribution in [0.2, 0.25) is 0 Å². The average Bonchev–Trinajstić information content (AvgIpc) is 2.83. The summed E-state index contributed by atoms with van der Waals surface area (Å²) in [5, 5.41) is 9.11. The molecule has 34 heavy (non-hydrogen) atoms. The largest absolute Gasteiger partial charge is 0.478 e. The second-order valence-electron chi connectivity index (χ2n) is 7.61. The van der Waals surface area contributed by atoms with Crippen molar-refractivity contribution in [3.8, 4) is 5.75 Å². The molecule has 0 spiro atoms. The van der Waals surface area contributed by atoms with Gasteiger partial charge in [0.25, 0.3) is 0 Å². The fourth-order valence-corrected chi connectivity index (χ4v) is 2.86. The Morgan fingerprint density at radius 1 is 0.706 bits per heavy atom. The molecule has 0 aliphatic heterocycles. The Labute approximate surface area is 204 Å². The molecule has 0 amide bonds. The smallest absolute Gasteiger partial charge is 0.339 e. The summed E-state index contributed by atoms with van der Waals surface area (Å²) in [4.78, 5) is 23.0. The Morgan fingerprint density at radius 3 is 1.62 bits per heavy atom. The van der Waals surface area contributed by atoms with Crippen molar-refractivity contribution >= 4 is 11.9 Å². The van der Waals surface area contributed by atoms with Crippen LogP contribution in [-0.2, 0) is 4.79 Å². The molecule has 0 bridgehead atoms. The third-order valence-corrected chi connectivity index (χ3v) is 4.67. The van der Waals surface area contributed by atoms with E-state index in [0.29, 0.717) is 6.42 Å². The first-order valence-corrected chi connectivity index (χ1v) is 12.1. The van der Waals surface area contributed by atoms with E-state index >= 15 is 0 Å². The summed E-state index contributed by atoms with van der Waals surface area (Å²) in [5.74, 6) is -1.47. The first kappa shape index (κ1) is 28.6. The van der Waals surface area contributed by atoms with E-state index in [1.807, 2.05) is 12.2 Å². The number of carbonyl (C=O) groups is 2. The number of carboxylic acid groups (broad SMARTS) is 1. The lowest BCUT2D eigenvalue weighted by Gasteiger charge is -2.06. The van der Waals surface area contributed by atoms with Crippen LogP contribution >= 0.6 is 0 Å². The molecule has 0 aliphatic carbocycles. The van der Waals surface area contributed by atoms with Gasteiger partial charge in [-0.2, -0.15) is 0 Å². The quantitative estimate of drug-likeness (QED) is 0.144. The van der Waals surface area contributed by atoms with Crippen LogP contribution in [0.15, 0.2) is 97.2 Å². The third kappa shape index (κ3) is 15.4. The first-order valence-electron chi connectivity index (χ1n) is 12.1. The van der Waals surface area contributed by atoms with Gasteiger partial charge in [-0.25, -0.2) is 4.79 Å². The number of para-hydroxylation sites is 1. The monoisotopic (exact) mass is 462 g/mol. The van der Waals surface area contributed by atoms with Crippen LogP contribution in [-0.4, -0.2) is 17.0 Å². The molecular formula is C30H38O4. The number of esters is 1. The molecule has 0 saturated carbocycles. The summed E-state index contributed by atoms with van der Waals surface area (Å²) in [6, 6.07) is 6.13. The van der Waals surface area contributed by atoms with Crippen molar-refractivity contribution in [1.29, 1.82) is 0 Å². The Hall–Kier alpha value is -3.40. The number of unbranched alkanes of at least 4 members (excludes halogenated alkanes) is 1. The van der Waals surface area contributed by atoms with Crippen LogP contribution in [0.25, 0.3) is 0 Å². The summed E-state index contributed by atoms with van der Waals surface area (Å²) < 4.78 is 5.16. The molecule has 0 saturated heterocycles. The lowest BCUT2D eigenvalue weighted by molar-refractivity contribution is -0.134. The van der Waals surface area contributed by atoms with Gasteiger partial charge in [0.1, 0.15) is 11.3 Å². The number of hydrogen-bond donors (Lipinski definition) is 1. The zero-order valence-electron chi connectivity index (χ0n) is 20.3. The second kappa shape index (κ2) is 20.2. The minimum absolute atomic E-state index is 0.0138. The normalized spacial score (nSPS) is 12.4. The van der Waals surface area contributed by atoms with Crippen molar-refractivity contribution in [2.24, 2.45) is 0 Å². The maximum absolute atomic E-state index is 11.9. The number of hydrogen-bond acceptors (Lipinski definition) is 3. The Balaban J connectivity index is 2.08. The highest BCUT2D eigenvalue weighted by Crippen LogP contribution is 2.18. The molecule has 0 unspecified atom stereocenters. The third-order valence-electron chi connectivity index (χ3n) is 4.67. The summed E-state index contributed by atoms with van der Waals surface area (Å²) in [6.07, 6.45) is 33.5. The highest BCUT2D eigenvalue weighted by molar-refractivity contribution is 5.91. The van der Waals surface area contributed by atoms with E-state index in [1.54, 1.807) is 12.1 Å². The fourth-order valence-electron chi connectivity index (χ4n) is 2.86. The van der Waals surface area contributed by atoms with E-state index in [0.717, 1.165) is 32.1 Å². The SMILES string of the molecule is CCC/C=C/C/C=C/C/C=C/C/C=C/C/C=C/C/C=C/CCC(=O)Oc1ccccc1C(=O)O. The molecule has 182 valence electrons. The summed E-state index contributed by atoms with van der Waals surface area (Å²) >= 11 is 0. The van der Waals surface area contributed by atoms with Crippen molar-refractivity contribution in [1.82, 2.24) is 0 Å². The molecule has 0 fully saturated rings. The number of carboxylic acids is 1. The maximum atomic E-state index is 11.9. The van der Waals surface area contributed by atoms with Gasteiger partial charge >= 0.3 is 11.9 Å². The van der Waals surface area contributed by atoms with Crippen LogP contribution in [0.3, 0.4) is 0 Å². The topological polar surface area (TPSA) is 63.6 Å². The van der Waals surface area contributed by atoms with E-state index in [1.165, 1.54) is 25.0 Å². The van der Waals surface area contributed by atoms with Crippen LogP contribution in [0.4, 0.5) is 0 Å². The van der Waals surface area contributed by atoms with Crippen molar-refractivity contribution < 1.29 is 19.4 Å². The van der Waals surface area contributed by atoms with Crippen molar-refractivity contribution in [3.63, 3.8) is 0 Å². The molecule has 1 N–H and O–H groups in total. The lowest BCUT2D eigenvalue weighted by atomic mass is 10.2. The first-order chi connectivity index (χ1) is 16.6. The Bertz CT molecular complexity index is 885. The van der Waals surface area contributed by atoms with Crippen LogP contribution in [0.1, 0.15) is 75.1 Å². The minimum atomic E-state index is -1.12. The Morgan fingerprint density at radius 2 is 1.15 bits per heavy atom. The fraction of sp³-hybridized carbons (Fsp3) is 0.333. The van der Waals surface area contributed by atoms with E-state index < -0.39 is 11.9 Å². The van der Waals surface area contributed by atoms with E-state index in [2.05, 4.69) is 67.7 Å². The summed E-state index contributed by atoms with van der Waals surface area (Å²) in [7, 11) is 0. The predicted molar refractivity (Wildman–Crippen MR) is 141 cm³/mol. The zero-order valence-corrected chi connectivity index (χ0v) is 20.3. The van der Waals surface area contributed by atoms with Gasteiger partial charge < -0.3 is 9.84 Å². The average molecular weight is 463 g/mol. The van der Waals surface area contributed by atoms with Crippen molar-refractivity contribution in [2.45, 2.75) is 64.7 Å². The molecule has 0 heterocycles. The van der Waals surface area contributed by atoms with Gasteiger partial charge in [0, 0.05) is 6.42 Å². The standard InChI is InChI=1S/C30H38O4/c1-2-3-4-5-6-7-8-9-10-11-12-13-14-15-16-17-18-19-20-21-26-29(31)34-28-25-23-22-24-27(28)30(32)33/h4-5,7-8,10-11,13-14,16-17,19-20,22-25H,2-3,6,9,12,15,18,21,26H2,1H3,(H,32,33)/b5-4+,8-7+,11-10+,14-13+,17-16+,20-19+. The van der Waals surface area contributed by atoms with Crippen LogP contribution in [0, 0.1) is 0 Å². The van der Waals surface area contributed by atoms with Crippen molar-refractivity contribution in [3.05, 3.63) is 103 Å². The molecule has 0 atom stereocenters. The van der Waals surface area contributed by atoms with Crippen LogP contribution in [0.5, 0.6) is 5.75 Å². The lowest BCUT2D eigenvalue weighted by Crippen LogP contribution is -2.10. The van der Waals surface area contributed by atoms with Gasteiger partial charge in [-0.05, 0) is 57.1 Å². The van der Waals surface area contributed by atoms with Crippen LogP contribution < -0.4 is 4.74 Å². The molecule has 4 nitrogen and oxygen atoms in total. The molecule has 1 aromatic rings. The molecule has 1 rings (SSSR count). The van der Waals surface area contributed by atoms with Gasteiger partial charge in [0.05, 0.1) is 0 Å². The molecule has 1 aromatic carbocycles. The van der Waals surface area contributed by atoms with E-state index in [4.69, 9.17) is 9.84 Å². The number of ether oxygens (including phenoxy) is 1. The van der Waals surface area contributed by atoms with E-state index in [-0.39, 0.29) is 17.7 Å². The van der Waals surface area contributed by atoms with Gasteiger partial charge in [-0.1, -0.05) is 98.4 Å². The number of carbonyl (C=O) groups excluding carboxylic acids is 1. The molecule has 0 radical (unpaired) electrons. The molecule has 0 aromatic heterocycles. The number of aromatic carboxylic acids is 1. The second-order valence-corrected chi connectivity index (χ2v) is 7.61. The number of benzene rings is 1. The number of rotatable bonds is 17. The zero-order chi connectivity index (χ0) is 24.7. The number of allylic oxidation sites excluding steroid dienone is 12. The predicted octanol–water partition coefficient (Wildman–Crippen LogP) is 8.16. The molecular weight excluding hydrogens is 424 g/mol. The van der Waals surface area contributed by atoms with Crippen molar-refractivity contribution in [2.75, 3.05) is 0 Å². The summed E-state index contributed by atoms with van der Waals surface area (Å²) in [6.45, 7) is 2.19. The van der Waals surface area contributed by atoms with Gasteiger partial charge in [0.15, 0.2) is 0 Å². The maximum Gasteiger partial charge on any atom is 0.339 e. The molecule has 4 heteroatoms.